The molecule has 5 rings (SSSR count). The molecule has 2 atom stereocenters. The number of fused-ring (bicyclic) bond motifs is 1. The zero-order valence-electron chi connectivity index (χ0n) is 20.6. The van der Waals surface area contributed by atoms with Gasteiger partial charge in [0.1, 0.15) is 11.6 Å². The largest absolute Gasteiger partial charge is 0.370 e. The summed E-state index contributed by atoms with van der Waals surface area (Å²) in [5.41, 5.74) is 9.90. The Bertz CT molecular complexity index is 1370. The second-order valence-electron chi connectivity index (χ2n) is 9.94. The van der Waals surface area contributed by atoms with Crippen LogP contribution < -0.4 is 16.2 Å². The Morgan fingerprint density at radius 3 is 2.57 bits per heavy atom. The molecule has 0 bridgehead atoms. The van der Waals surface area contributed by atoms with Crippen molar-refractivity contribution in [2.45, 2.75) is 64.1 Å². The number of anilines is 1. The van der Waals surface area contributed by atoms with Crippen molar-refractivity contribution >= 4 is 23.0 Å². The maximum atomic E-state index is 11.9. The van der Waals surface area contributed by atoms with Gasteiger partial charge < -0.3 is 19.9 Å². The molecular formula is C25H31N7O3. The summed E-state index contributed by atoms with van der Waals surface area (Å²) in [5.74, 6) is 0.274. The number of hydrogen-bond acceptors (Lipinski definition) is 8. The van der Waals surface area contributed by atoms with E-state index < -0.39 is 0 Å². The van der Waals surface area contributed by atoms with E-state index in [2.05, 4.69) is 4.90 Å². The van der Waals surface area contributed by atoms with Gasteiger partial charge in [-0.3, -0.25) is 9.59 Å². The van der Waals surface area contributed by atoms with Crippen molar-refractivity contribution in [1.82, 2.24) is 24.5 Å². The quantitative estimate of drug-likeness (QED) is 0.571. The lowest BCUT2D eigenvalue weighted by atomic mass is 9.94. The molecule has 2 aliphatic rings. The molecule has 10 nitrogen and oxygen atoms in total. The van der Waals surface area contributed by atoms with Gasteiger partial charge in [-0.05, 0) is 51.7 Å². The number of aromatic nitrogens is 5. The van der Waals surface area contributed by atoms with Crippen molar-refractivity contribution < 1.29 is 9.53 Å². The molecule has 1 saturated heterocycles. The minimum Gasteiger partial charge on any atom is -0.370 e. The van der Waals surface area contributed by atoms with Gasteiger partial charge in [0.2, 0.25) is 17.4 Å². The van der Waals surface area contributed by atoms with Gasteiger partial charge in [0, 0.05) is 37.7 Å². The number of nitrogens with two attached hydrogens (primary N) is 1. The first-order chi connectivity index (χ1) is 16.6. The molecule has 1 aliphatic heterocycles. The summed E-state index contributed by atoms with van der Waals surface area (Å²) < 4.78 is 7.78. The smallest absolute Gasteiger partial charge is 0.250 e. The highest BCUT2D eigenvalue weighted by Crippen LogP contribution is 2.52. The van der Waals surface area contributed by atoms with Crippen LogP contribution in [0.1, 0.15) is 61.4 Å². The van der Waals surface area contributed by atoms with Gasteiger partial charge in [-0.2, -0.15) is 4.98 Å². The molecule has 1 aliphatic carbocycles. The van der Waals surface area contributed by atoms with Crippen LogP contribution in [0, 0.1) is 13.8 Å². The molecule has 4 heterocycles. The van der Waals surface area contributed by atoms with E-state index in [-0.39, 0.29) is 29.1 Å². The number of primary amides is 1. The Morgan fingerprint density at radius 2 is 1.89 bits per heavy atom. The molecule has 35 heavy (non-hydrogen) atoms. The summed E-state index contributed by atoms with van der Waals surface area (Å²) in [6.07, 6.45) is 4.33. The third kappa shape index (κ3) is 4.50. The molecule has 0 spiro atoms. The first kappa shape index (κ1) is 23.3. The molecule has 0 aromatic carbocycles. The lowest BCUT2D eigenvalue weighted by Crippen LogP contribution is -2.44. The Kier molecular flexibility index (Phi) is 5.79. The lowest BCUT2D eigenvalue weighted by molar-refractivity contribution is -0.118. The second-order valence-corrected chi connectivity index (χ2v) is 9.94. The fourth-order valence-electron chi connectivity index (χ4n) is 4.84. The minimum atomic E-state index is -0.310. The topological polar surface area (TPSA) is 129 Å². The van der Waals surface area contributed by atoms with E-state index in [0.29, 0.717) is 43.0 Å². The number of rotatable bonds is 6. The van der Waals surface area contributed by atoms with E-state index in [1.807, 2.05) is 33.0 Å². The Morgan fingerprint density at radius 1 is 1.14 bits per heavy atom. The summed E-state index contributed by atoms with van der Waals surface area (Å²) in [6.45, 7) is 7.05. The average molecular weight is 478 g/mol. The van der Waals surface area contributed by atoms with Crippen LogP contribution in [-0.4, -0.2) is 49.6 Å². The predicted octanol–water partition coefficient (Wildman–Crippen LogP) is 2.00. The number of morpholine rings is 1. The predicted molar refractivity (Wildman–Crippen MR) is 131 cm³/mol. The highest BCUT2D eigenvalue weighted by molar-refractivity contribution is 5.77. The molecule has 2 N–H and O–H groups in total. The third-order valence-electron chi connectivity index (χ3n) is 7.16. The normalized spacial score (nSPS) is 21.3. The molecule has 2 fully saturated rings. The van der Waals surface area contributed by atoms with Crippen LogP contribution in [0.5, 0.6) is 0 Å². The molecule has 1 saturated carbocycles. The number of amides is 1. The molecule has 3 aromatic heterocycles. The van der Waals surface area contributed by atoms with Crippen molar-refractivity contribution in [2.75, 3.05) is 18.0 Å². The zero-order valence-corrected chi connectivity index (χ0v) is 20.6. The van der Waals surface area contributed by atoms with Crippen LogP contribution in [0.2, 0.25) is 0 Å². The molecule has 2 unspecified atom stereocenters. The van der Waals surface area contributed by atoms with Crippen LogP contribution in [0.4, 0.5) is 5.95 Å². The van der Waals surface area contributed by atoms with Crippen molar-refractivity contribution in [1.29, 1.82) is 0 Å². The molecule has 0 radical (unpaired) electrons. The first-order valence-electron chi connectivity index (χ1n) is 12.0. The Hall–Kier alpha value is -3.40. The number of ether oxygens (including phenoxy) is 1. The second kappa shape index (κ2) is 8.67. The molecule has 10 heteroatoms. The van der Waals surface area contributed by atoms with Crippen molar-refractivity contribution in [3.63, 3.8) is 0 Å². The van der Waals surface area contributed by atoms with Gasteiger partial charge in [0.15, 0.2) is 5.65 Å². The molecular weight excluding hydrogens is 446 g/mol. The first-order valence-corrected chi connectivity index (χ1v) is 12.0. The van der Waals surface area contributed by atoms with Gasteiger partial charge in [0.05, 0.1) is 29.7 Å². The van der Waals surface area contributed by atoms with Gasteiger partial charge in [0.25, 0.3) is 0 Å². The van der Waals surface area contributed by atoms with E-state index in [0.717, 1.165) is 35.5 Å². The molecule has 1 amide bonds. The fourth-order valence-corrected chi connectivity index (χ4v) is 4.84. The SMILES string of the molecule is Cc1nc2nc(N3CC(C)OC(c4ccc(=O)n(C)c4)C3)nc(C3(CCC(N)=O)CC3)c2nc1C. The highest BCUT2D eigenvalue weighted by Gasteiger charge is 2.47. The van der Waals surface area contributed by atoms with Crippen LogP contribution >= 0.6 is 0 Å². The standard InChI is InChI=1S/C25H31N7O3/c1-14-11-32(13-18(35-14)17-5-6-20(34)31(4)12-17)24-29-22(25(9-10-25)8-7-19(26)33)21-23(30-24)28-16(3)15(2)27-21/h5-6,12,14,18H,7-11,13H2,1-4H3,(H2,26,33). The summed E-state index contributed by atoms with van der Waals surface area (Å²) in [4.78, 5) is 45.0. The monoisotopic (exact) mass is 477 g/mol. The van der Waals surface area contributed by atoms with Crippen molar-refractivity contribution in [2.24, 2.45) is 12.8 Å². The van der Waals surface area contributed by atoms with Crippen molar-refractivity contribution in [3.05, 3.63) is 51.3 Å². The maximum absolute atomic E-state index is 11.9. The number of pyridine rings is 1. The highest BCUT2D eigenvalue weighted by atomic mass is 16.5. The van der Waals surface area contributed by atoms with Crippen molar-refractivity contribution in [3.8, 4) is 0 Å². The minimum absolute atomic E-state index is 0.0631. The Balaban J connectivity index is 1.56. The number of carbonyl (C=O) groups excluding carboxylic acids is 1. The van der Waals surface area contributed by atoms with E-state index in [1.54, 1.807) is 17.7 Å². The zero-order chi connectivity index (χ0) is 24.9. The van der Waals surface area contributed by atoms with Gasteiger partial charge in [-0.1, -0.05) is 0 Å². The van der Waals surface area contributed by atoms with Gasteiger partial charge >= 0.3 is 0 Å². The van der Waals surface area contributed by atoms with E-state index in [4.69, 9.17) is 30.4 Å². The summed E-state index contributed by atoms with van der Waals surface area (Å²) >= 11 is 0. The summed E-state index contributed by atoms with van der Waals surface area (Å²) in [7, 11) is 1.73. The van der Waals surface area contributed by atoms with Crippen LogP contribution in [0.25, 0.3) is 11.2 Å². The van der Waals surface area contributed by atoms with E-state index >= 15 is 0 Å². The molecule has 3 aromatic rings. The number of aryl methyl sites for hydroxylation is 3. The van der Waals surface area contributed by atoms with Crippen LogP contribution in [0.15, 0.2) is 23.1 Å². The Labute approximate surface area is 203 Å². The summed E-state index contributed by atoms with van der Waals surface area (Å²) in [6, 6.07) is 3.37. The summed E-state index contributed by atoms with van der Waals surface area (Å²) in [5, 5.41) is 0. The molecule has 184 valence electrons. The number of nitrogens with zero attached hydrogens (tertiary/aromatic N) is 6. The maximum Gasteiger partial charge on any atom is 0.250 e. The van der Waals surface area contributed by atoms with E-state index in [9.17, 15) is 9.59 Å². The lowest BCUT2D eigenvalue weighted by Gasteiger charge is -2.37. The average Bonchev–Trinajstić information content (AvgIpc) is 3.60. The number of hydrogen-bond donors (Lipinski definition) is 1. The number of carbonyl (C=O) groups is 1. The van der Waals surface area contributed by atoms with Crippen LogP contribution in [-0.2, 0) is 22.0 Å². The third-order valence-corrected chi connectivity index (χ3v) is 7.16. The van der Waals surface area contributed by atoms with E-state index in [1.165, 1.54) is 0 Å². The van der Waals surface area contributed by atoms with Gasteiger partial charge in [-0.25, -0.2) is 15.0 Å². The van der Waals surface area contributed by atoms with Crippen LogP contribution in [0.3, 0.4) is 0 Å². The van der Waals surface area contributed by atoms with Gasteiger partial charge in [-0.15, -0.1) is 0 Å². The fraction of sp³-hybridized carbons (Fsp3) is 0.520.